The van der Waals surface area contributed by atoms with Gasteiger partial charge in [0.1, 0.15) is 11.9 Å². The lowest BCUT2D eigenvalue weighted by molar-refractivity contribution is -0.0533. The fraction of sp³-hybridized carbons (Fsp3) is 0.600. The molecule has 0 amide bonds. The third-order valence-electron chi connectivity index (χ3n) is 3.04. The summed E-state index contributed by atoms with van der Waals surface area (Å²) in [6, 6.07) is 1.45. The van der Waals surface area contributed by atoms with Crippen molar-refractivity contribution in [1.82, 2.24) is 9.55 Å². The zero-order valence-electron chi connectivity index (χ0n) is 9.35. The summed E-state index contributed by atoms with van der Waals surface area (Å²) in [4.78, 5) is 15.2. The zero-order chi connectivity index (χ0) is 12.6. The fourth-order valence-corrected chi connectivity index (χ4v) is 1.92. The van der Waals surface area contributed by atoms with Crippen LogP contribution in [0.1, 0.15) is 13.2 Å². The number of aliphatic hydroxyl groups excluding tert-OH is 2. The summed E-state index contributed by atoms with van der Waals surface area (Å²) in [5.74, 6) is -0.139. The van der Waals surface area contributed by atoms with E-state index in [1.54, 1.807) is 6.92 Å². The number of hydrogen-bond donors (Lipinski definition) is 3. The fourth-order valence-electron chi connectivity index (χ4n) is 1.92. The maximum Gasteiger partial charge on any atom is 0.351 e. The molecule has 4 atom stereocenters. The van der Waals surface area contributed by atoms with Crippen molar-refractivity contribution < 1.29 is 14.9 Å². The van der Waals surface area contributed by atoms with Crippen molar-refractivity contribution in [2.45, 2.75) is 25.4 Å². The summed E-state index contributed by atoms with van der Waals surface area (Å²) in [5.41, 5.74) is 4.79. The SMILES string of the molecule is C[C@H]1[C@@H](CO)OC(n2ccc(N)nc2=O)[C@@H]1O. The third-order valence-corrected chi connectivity index (χ3v) is 3.04. The Morgan fingerprint density at radius 2 is 2.35 bits per heavy atom. The van der Waals surface area contributed by atoms with Crippen molar-refractivity contribution in [1.29, 1.82) is 0 Å². The van der Waals surface area contributed by atoms with Gasteiger partial charge in [0.05, 0.1) is 12.7 Å². The molecular formula is C10H15N3O4. The van der Waals surface area contributed by atoms with Crippen LogP contribution in [0, 0.1) is 5.92 Å². The van der Waals surface area contributed by atoms with Gasteiger partial charge in [-0.25, -0.2) is 4.79 Å². The largest absolute Gasteiger partial charge is 0.394 e. The molecule has 1 saturated heterocycles. The lowest BCUT2D eigenvalue weighted by atomic mass is 10.0. The molecule has 2 heterocycles. The molecule has 1 aliphatic rings. The average molecular weight is 241 g/mol. The van der Waals surface area contributed by atoms with Crippen LogP contribution in [0.5, 0.6) is 0 Å². The molecular weight excluding hydrogens is 226 g/mol. The van der Waals surface area contributed by atoms with Crippen LogP contribution in [0.2, 0.25) is 0 Å². The molecule has 1 aromatic heterocycles. The first-order chi connectivity index (χ1) is 8.04. The Hall–Kier alpha value is -1.44. The molecule has 0 aliphatic carbocycles. The maximum absolute atomic E-state index is 11.6. The number of rotatable bonds is 2. The molecule has 94 valence electrons. The second-order valence-electron chi connectivity index (χ2n) is 4.14. The molecule has 7 heteroatoms. The highest BCUT2D eigenvalue weighted by Crippen LogP contribution is 2.32. The Balaban J connectivity index is 2.32. The molecule has 0 radical (unpaired) electrons. The lowest BCUT2D eigenvalue weighted by Gasteiger charge is -2.17. The van der Waals surface area contributed by atoms with Gasteiger partial charge in [0.25, 0.3) is 0 Å². The lowest BCUT2D eigenvalue weighted by Crippen LogP contribution is -2.33. The van der Waals surface area contributed by atoms with Gasteiger partial charge in [0.2, 0.25) is 0 Å². The standard InChI is InChI=1S/C10H15N3O4/c1-5-6(4-14)17-9(8(5)15)13-3-2-7(11)12-10(13)16/h2-3,5-6,8-9,14-15H,4H2,1H3,(H2,11,12,16)/t5-,6+,8+,9?/m0/s1. The number of hydrogen-bond acceptors (Lipinski definition) is 6. The summed E-state index contributed by atoms with van der Waals surface area (Å²) in [7, 11) is 0. The predicted molar refractivity (Wildman–Crippen MR) is 59.1 cm³/mol. The minimum Gasteiger partial charge on any atom is -0.394 e. The summed E-state index contributed by atoms with van der Waals surface area (Å²) in [6.07, 6.45) is -0.761. The van der Waals surface area contributed by atoms with Crippen LogP contribution in [0.3, 0.4) is 0 Å². The van der Waals surface area contributed by atoms with E-state index in [0.717, 1.165) is 0 Å². The number of nitrogen functional groups attached to an aromatic ring is 1. The Kier molecular flexibility index (Phi) is 3.14. The first-order valence-electron chi connectivity index (χ1n) is 5.33. The molecule has 0 spiro atoms. The van der Waals surface area contributed by atoms with Gasteiger partial charge in [-0.05, 0) is 6.07 Å². The maximum atomic E-state index is 11.6. The number of nitrogens with zero attached hydrogens (tertiary/aromatic N) is 2. The Morgan fingerprint density at radius 3 is 2.88 bits per heavy atom. The molecule has 1 fully saturated rings. The van der Waals surface area contributed by atoms with E-state index in [4.69, 9.17) is 15.6 Å². The van der Waals surface area contributed by atoms with Gasteiger partial charge in [-0.2, -0.15) is 4.98 Å². The highest BCUT2D eigenvalue weighted by Gasteiger charge is 2.41. The minimum atomic E-state index is -0.865. The smallest absolute Gasteiger partial charge is 0.351 e. The molecule has 7 nitrogen and oxygen atoms in total. The van der Waals surface area contributed by atoms with E-state index in [2.05, 4.69) is 4.98 Å². The van der Waals surface area contributed by atoms with Gasteiger partial charge in [-0.3, -0.25) is 4.57 Å². The Bertz CT molecular complexity index is 461. The average Bonchev–Trinajstić information content (AvgIpc) is 2.57. The van der Waals surface area contributed by atoms with Crippen LogP contribution in [-0.2, 0) is 4.74 Å². The molecule has 2 rings (SSSR count). The molecule has 1 aromatic rings. The van der Waals surface area contributed by atoms with Crippen molar-refractivity contribution in [2.24, 2.45) is 5.92 Å². The first kappa shape index (κ1) is 12.0. The summed E-state index contributed by atoms with van der Waals surface area (Å²) in [5, 5.41) is 19.0. The van der Waals surface area contributed by atoms with Gasteiger partial charge in [0.15, 0.2) is 6.23 Å². The van der Waals surface area contributed by atoms with E-state index >= 15 is 0 Å². The molecule has 0 saturated carbocycles. The van der Waals surface area contributed by atoms with E-state index in [1.807, 2.05) is 0 Å². The van der Waals surface area contributed by atoms with E-state index < -0.39 is 24.1 Å². The highest BCUT2D eigenvalue weighted by molar-refractivity contribution is 5.23. The van der Waals surface area contributed by atoms with Crippen molar-refractivity contribution in [3.8, 4) is 0 Å². The number of ether oxygens (including phenoxy) is 1. The van der Waals surface area contributed by atoms with Gasteiger partial charge >= 0.3 is 5.69 Å². The van der Waals surface area contributed by atoms with E-state index in [-0.39, 0.29) is 18.3 Å². The zero-order valence-corrected chi connectivity index (χ0v) is 9.35. The van der Waals surface area contributed by atoms with Crippen LogP contribution in [0.4, 0.5) is 5.82 Å². The van der Waals surface area contributed by atoms with E-state index in [1.165, 1.54) is 16.8 Å². The number of nitrogens with two attached hydrogens (primary N) is 1. The summed E-state index contributed by atoms with van der Waals surface area (Å²) < 4.78 is 6.60. The van der Waals surface area contributed by atoms with Crippen LogP contribution in [-0.4, -0.2) is 38.6 Å². The summed E-state index contributed by atoms with van der Waals surface area (Å²) >= 11 is 0. The quantitative estimate of drug-likeness (QED) is 0.594. The van der Waals surface area contributed by atoms with Crippen molar-refractivity contribution in [2.75, 3.05) is 12.3 Å². The summed E-state index contributed by atoms with van der Waals surface area (Å²) in [6.45, 7) is 1.55. The van der Waals surface area contributed by atoms with Gasteiger partial charge < -0.3 is 20.7 Å². The van der Waals surface area contributed by atoms with E-state index in [0.29, 0.717) is 0 Å². The number of aromatic nitrogens is 2. The first-order valence-corrected chi connectivity index (χ1v) is 5.33. The van der Waals surface area contributed by atoms with Crippen LogP contribution in [0.15, 0.2) is 17.1 Å². The van der Waals surface area contributed by atoms with Crippen molar-refractivity contribution in [3.63, 3.8) is 0 Å². The molecule has 0 bridgehead atoms. The van der Waals surface area contributed by atoms with Crippen LogP contribution in [0.25, 0.3) is 0 Å². The van der Waals surface area contributed by atoms with Crippen molar-refractivity contribution in [3.05, 3.63) is 22.7 Å². The van der Waals surface area contributed by atoms with E-state index in [9.17, 15) is 9.90 Å². The monoisotopic (exact) mass is 241 g/mol. The molecule has 0 aromatic carbocycles. The van der Waals surface area contributed by atoms with Gasteiger partial charge in [-0.1, -0.05) is 6.92 Å². The van der Waals surface area contributed by atoms with Gasteiger partial charge in [0, 0.05) is 12.1 Å². The van der Waals surface area contributed by atoms with Crippen LogP contribution < -0.4 is 11.4 Å². The highest BCUT2D eigenvalue weighted by atomic mass is 16.5. The van der Waals surface area contributed by atoms with Crippen LogP contribution >= 0.6 is 0 Å². The molecule has 1 unspecified atom stereocenters. The normalized spacial score (nSPS) is 32.9. The Labute approximate surface area is 97.5 Å². The predicted octanol–water partition coefficient (Wildman–Crippen LogP) is -1.29. The molecule has 4 N–H and O–H groups in total. The second kappa shape index (κ2) is 4.44. The minimum absolute atomic E-state index is 0.116. The second-order valence-corrected chi connectivity index (χ2v) is 4.14. The van der Waals surface area contributed by atoms with Crippen molar-refractivity contribution >= 4 is 5.82 Å². The molecule has 1 aliphatic heterocycles. The van der Waals surface area contributed by atoms with Gasteiger partial charge in [-0.15, -0.1) is 0 Å². The molecule has 17 heavy (non-hydrogen) atoms. The number of aliphatic hydroxyl groups is 2. The number of anilines is 1. The topological polar surface area (TPSA) is 111 Å². The Morgan fingerprint density at radius 1 is 1.65 bits per heavy atom. The third kappa shape index (κ3) is 2.04.